The van der Waals surface area contributed by atoms with Crippen LogP contribution in [0.15, 0.2) is 30.6 Å². The Morgan fingerprint density at radius 1 is 1.13 bits per heavy atom. The van der Waals surface area contributed by atoms with E-state index in [4.69, 9.17) is 10.5 Å². The second kappa shape index (κ2) is 7.83. The molecule has 4 atom stereocenters. The number of amides is 1. The maximum atomic E-state index is 13.1. The molecule has 2 saturated carbocycles. The first-order valence-corrected chi connectivity index (χ1v) is 10.9. The summed E-state index contributed by atoms with van der Waals surface area (Å²) in [5.74, 6) is 1.26. The minimum Gasteiger partial charge on any atom is -0.481 e. The molecule has 1 amide bonds. The molecule has 2 fully saturated rings. The number of rotatable bonds is 4. The zero-order valence-electron chi connectivity index (χ0n) is 17.2. The van der Waals surface area contributed by atoms with Crippen LogP contribution < -0.4 is 15.4 Å². The highest BCUT2D eigenvalue weighted by molar-refractivity contribution is 6.10. The lowest BCUT2D eigenvalue weighted by Crippen LogP contribution is -2.32. The molecular weight excluding hydrogens is 396 g/mol. The minimum absolute atomic E-state index is 0.118. The van der Waals surface area contributed by atoms with Crippen molar-refractivity contribution in [2.45, 2.75) is 38.0 Å². The van der Waals surface area contributed by atoms with E-state index in [2.05, 4.69) is 22.1 Å². The monoisotopic (exact) mass is 422 g/mol. The van der Waals surface area contributed by atoms with E-state index in [1.807, 2.05) is 12.1 Å². The van der Waals surface area contributed by atoms with E-state index in [-0.39, 0.29) is 23.2 Å². The average Bonchev–Trinajstić information content (AvgIpc) is 3.29. The Kier molecular flexibility index (Phi) is 5.00. The normalized spacial score (nSPS) is 27.4. The summed E-state index contributed by atoms with van der Waals surface area (Å²) in [5, 5.41) is 9.19. The summed E-state index contributed by atoms with van der Waals surface area (Å²) in [6.45, 7) is 0.729. The number of nitrogens with zero attached hydrogens (tertiary/aromatic N) is 3. The first kappa shape index (κ1) is 19.8. The van der Waals surface area contributed by atoms with Gasteiger partial charge >= 0.3 is 5.97 Å². The highest BCUT2D eigenvalue weighted by Crippen LogP contribution is 2.55. The number of carboxylic acid groups (broad SMARTS) is 1. The van der Waals surface area contributed by atoms with Gasteiger partial charge in [0, 0.05) is 12.1 Å². The fraction of sp³-hybridized carbons (Fsp3) is 0.478. The lowest BCUT2D eigenvalue weighted by molar-refractivity contribution is -0.138. The lowest BCUT2D eigenvalue weighted by atomic mass is 9.84. The van der Waals surface area contributed by atoms with Crippen LogP contribution in [-0.4, -0.2) is 40.1 Å². The standard InChI is InChI=1S/C23H26N4O4/c24-21-20-22(26-12-25-21)31-10-9-27(23(20)30)15-4-1-13(2-5-15)16-7-8-17-14(11-19(28)29)3-6-18(16)17/h1-2,4-5,12,14,16-18H,3,6-11H2,(H,28,29)(H2,24,25,26)/t14-,16+,17-,18-/m1/s1. The van der Waals surface area contributed by atoms with Gasteiger partial charge in [0.1, 0.15) is 24.3 Å². The van der Waals surface area contributed by atoms with Gasteiger partial charge in [0.25, 0.3) is 5.91 Å². The van der Waals surface area contributed by atoms with Gasteiger partial charge in [0.15, 0.2) is 0 Å². The fourth-order valence-corrected chi connectivity index (χ4v) is 5.92. The molecule has 1 aromatic carbocycles. The Balaban J connectivity index is 1.35. The molecule has 2 aliphatic carbocycles. The summed E-state index contributed by atoms with van der Waals surface area (Å²) in [7, 11) is 0. The van der Waals surface area contributed by atoms with Crippen molar-refractivity contribution in [3.05, 3.63) is 41.7 Å². The molecule has 5 rings (SSSR count). The summed E-state index contributed by atoms with van der Waals surface area (Å²) in [5.41, 5.74) is 8.19. The van der Waals surface area contributed by atoms with E-state index in [0.717, 1.165) is 31.4 Å². The number of benzene rings is 1. The Bertz CT molecular complexity index is 1010. The van der Waals surface area contributed by atoms with Crippen molar-refractivity contribution in [2.24, 2.45) is 17.8 Å². The van der Waals surface area contributed by atoms with Gasteiger partial charge in [-0.25, -0.2) is 9.97 Å². The van der Waals surface area contributed by atoms with E-state index in [1.165, 1.54) is 11.9 Å². The molecule has 162 valence electrons. The van der Waals surface area contributed by atoms with Crippen molar-refractivity contribution in [3.63, 3.8) is 0 Å². The predicted molar refractivity (Wildman–Crippen MR) is 114 cm³/mol. The molecule has 31 heavy (non-hydrogen) atoms. The molecule has 0 unspecified atom stereocenters. The van der Waals surface area contributed by atoms with Crippen molar-refractivity contribution in [1.82, 2.24) is 9.97 Å². The Labute approximate surface area is 180 Å². The van der Waals surface area contributed by atoms with Crippen LogP contribution >= 0.6 is 0 Å². The van der Waals surface area contributed by atoms with Crippen LogP contribution in [0.2, 0.25) is 0 Å². The van der Waals surface area contributed by atoms with Crippen LogP contribution in [0.3, 0.4) is 0 Å². The van der Waals surface area contributed by atoms with Gasteiger partial charge in [0.2, 0.25) is 5.88 Å². The maximum Gasteiger partial charge on any atom is 0.303 e. The molecule has 8 heteroatoms. The van der Waals surface area contributed by atoms with Gasteiger partial charge in [-0.1, -0.05) is 12.1 Å². The molecule has 0 radical (unpaired) electrons. The molecule has 0 saturated heterocycles. The third-order valence-electron chi connectivity index (χ3n) is 7.28. The topological polar surface area (TPSA) is 119 Å². The average molecular weight is 422 g/mol. The molecule has 2 aromatic rings. The van der Waals surface area contributed by atoms with Gasteiger partial charge < -0.3 is 20.5 Å². The van der Waals surface area contributed by atoms with Crippen molar-refractivity contribution >= 4 is 23.4 Å². The summed E-state index contributed by atoms with van der Waals surface area (Å²) in [4.78, 5) is 33.9. The first-order valence-electron chi connectivity index (χ1n) is 10.9. The fourth-order valence-electron chi connectivity index (χ4n) is 5.92. The number of fused-ring (bicyclic) bond motifs is 2. The third kappa shape index (κ3) is 3.49. The molecule has 0 bridgehead atoms. The van der Waals surface area contributed by atoms with Gasteiger partial charge in [-0.05, 0) is 67.1 Å². The van der Waals surface area contributed by atoms with Gasteiger partial charge in [-0.3, -0.25) is 9.59 Å². The van der Waals surface area contributed by atoms with Crippen LogP contribution in [0, 0.1) is 17.8 Å². The van der Waals surface area contributed by atoms with E-state index in [0.29, 0.717) is 43.2 Å². The highest BCUT2D eigenvalue weighted by Gasteiger charge is 2.45. The molecule has 8 nitrogen and oxygen atoms in total. The summed E-state index contributed by atoms with van der Waals surface area (Å²) >= 11 is 0. The molecule has 2 heterocycles. The molecule has 0 spiro atoms. The van der Waals surface area contributed by atoms with Crippen LogP contribution in [0.25, 0.3) is 0 Å². The molecule has 1 aliphatic heterocycles. The van der Waals surface area contributed by atoms with Crippen LogP contribution in [-0.2, 0) is 4.79 Å². The van der Waals surface area contributed by atoms with Crippen LogP contribution in [0.4, 0.5) is 11.5 Å². The molecule has 1 aromatic heterocycles. The van der Waals surface area contributed by atoms with Gasteiger partial charge in [0.05, 0.1) is 6.54 Å². The van der Waals surface area contributed by atoms with Crippen molar-refractivity contribution < 1.29 is 19.4 Å². The lowest BCUT2D eigenvalue weighted by Gasteiger charge is -2.23. The van der Waals surface area contributed by atoms with Crippen molar-refractivity contribution in [2.75, 3.05) is 23.8 Å². The number of ether oxygens (including phenoxy) is 1. The van der Waals surface area contributed by atoms with Gasteiger partial charge in [-0.2, -0.15) is 0 Å². The second-order valence-electron chi connectivity index (χ2n) is 8.78. The number of aromatic nitrogens is 2. The zero-order chi connectivity index (χ0) is 21.5. The van der Waals surface area contributed by atoms with E-state index < -0.39 is 5.97 Å². The highest BCUT2D eigenvalue weighted by atomic mass is 16.5. The quantitative estimate of drug-likeness (QED) is 0.777. The molecular formula is C23H26N4O4. The number of hydrogen-bond donors (Lipinski definition) is 2. The Morgan fingerprint density at radius 2 is 1.90 bits per heavy atom. The number of aliphatic carboxylic acids is 1. The number of carbonyl (C=O) groups is 2. The number of anilines is 2. The number of nitrogens with two attached hydrogens (primary N) is 1. The third-order valence-corrected chi connectivity index (χ3v) is 7.28. The number of carbonyl (C=O) groups excluding carboxylic acids is 1. The van der Waals surface area contributed by atoms with Crippen molar-refractivity contribution in [1.29, 1.82) is 0 Å². The maximum absolute atomic E-state index is 13.1. The van der Waals surface area contributed by atoms with E-state index in [9.17, 15) is 14.7 Å². The predicted octanol–water partition coefficient (Wildman–Crippen LogP) is 3.09. The molecule has 3 aliphatic rings. The van der Waals surface area contributed by atoms with Crippen LogP contribution in [0.1, 0.15) is 53.9 Å². The smallest absolute Gasteiger partial charge is 0.303 e. The van der Waals surface area contributed by atoms with Crippen LogP contribution in [0.5, 0.6) is 5.88 Å². The number of hydrogen-bond acceptors (Lipinski definition) is 6. The number of carboxylic acids is 1. The minimum atomic E-state index is -0.683. The zero-order valence-corrected chi connectivity index (χ0v) is 17.2. The summed E-state index contributed by atoms with van der Waals surface area (Å²) in [6, 6.07) is 8.18. The van der Waals surface area contributed by atoms with Gasteiger partial charge in [-0.15, -0.1) is 0 Å². The Morgan fingerprint density at radius 3 is 2.68 bits per heavy atom. The summed E-state index contributed by atoms with van der Waals surface area (Å²) in [6.07, 6.45) is 5.91. The Hall–Kier alpha value is -3.16. The first-order chi connectivity index (χ1) is 15.0. The van der Waals surface area contributed by atoms with E-state index >= 15 is 0 Å². The largest absolute Gasteiger partial charge is 0.481 e. The summed E-state index contributed by atoms with van der Waals surface area (Å²) < 4.78 is 5.61. The SMILES string of the molecule is Nc1ncnc2c1C(=O)N(c1ccc([C@@H]3CC[C@@H]4[C@@H](CC(=O)O)CC[C@@H]43)cc1)CCO2. The second-order valence-corrected chi connectivity index (χ2v) is 8.78. The van der Waals surface area contributed by atoms with Crippen molar-refractivity contribution in [3.8, 4) is 5.88 Å². The molecule has 3 N–H and O–H groups in total. The van der Waals surface area contributed by atoms with E-state index in [1.54, 1.807) is 4.90 Å². The number of nitrogen functional groups attached to an aromatic ring is 1.